The lowest BCUT2D eigenvalue weighted by Crippen LogP contribution is -2.06. The van der Waals surface area contributed by atoms with Crippen LogP contribution in [0.25, 0.3) is 10.9 Å². The maximum absolute atomic E-state index is 11.8. The second kappa shape index (κ2) is 4.69. The van der Waals surface area contributed by atoms with Crippen molar-refractivity contribution in [3.05, 3.63) is 47.2 Å². The van der Waals surface area contributed by atoms with Crippen LogP contribution in [0.15, 0.2) is 30.4 Å². The molecule has 2 aromatic rings. The van der Waals surface area contributed by atoms with E-state index in [4.69, 9.17) is 4.74 Å². The van der Waals surface area contributed by atoms with Crippen molar-refractivity contribution in [1.29, 1.82) is 0 Å². The number of hydrogen-bond donors (Lipinski definition) is 1. The maximum atomic E-state index is 11.8. The van der Waals surface area contributed by atoms with Crippen molar-refractivity contribution < 1.29 is 9.53 Å². The Hall–Kier alpha value is -2.03. The summed E-state index contributed by atoms with van der Waals surface area (Å²) in [5, 5.41) is 1.07. The SMILES string of the molecule is C=C(C)COC(=O)c1ccc2[nH]c(C)c(C)c2c1. The average Bonchev–Trinajstić information content (AvgIpc) is 2.62. The van der Waals surface area contributed by atoms with E-state index < -0.39 is 0 Å². The van der Waals surface area contributed by atoms with Crippen LogP contribution in [0.4, 0.5) is 0 Å². The van der Waals surface area contributed by atoms with E-state index >= 15 is 0 Å². The van der Waals surface area contributed by atoms with E-state index in [9.17, 15) is 4.79 Å². The fourth-order valence-corrected chi connectivity index (χ4v) is 1.86. The Kier molecular flexibility index (Phi) is 3.24. The molecule has 0 aliphatic rings. The number of esters is 1. The smallest absolute Gasteiger partial charge is 0.338 e. The van der Waals surface area contributed by atoms with Gasteiger partial charge in [-0.05, 0) is 50.1 Å². The molecule has 0 radical (unpaired) electrons. The van der Waals surface area contributed by atoms with Gasteiger partial charge < -0.3 is 9.72 Å². The van der Waals surface area contributed by atoms with E-state index in [1.807, 2.05) is 32.9 Å². The van der Waals surface area contributed by atoms with Crippen LogP contribution in [0.2, 0.25) is 0 Å². The zero-order valence-corrected chi connectivity index (χ0v) is 11.0. The average molecular weight is 243 g/mol. The lowest BCUT2D eigenvalue weighted by Gasteiger charge is -2.04. The van der Waals surface area contributed by atoms with Gasteiger partial charge in [-0.15, -0.1) is 0 Å². The van der Waals surface area contributed by atoms with E-state index in [0.29, 0.717) is 5.56 Å². The Bertz CT molecular complexity index is 623. The van der Waals surface area contributed by atoms with Gasteiger partial charge in [0.05, 0.1) is 5.56 Å². The molecule has 0 aliphatic heterocycles. The molecule has 3 heteroatoms. The van der Waals surface area contributed by atoms with Gasteiger partial charge in [-0.3, -0.25) is 0 Å². The summed E-state index contributed by atoms with van der Waals surface area (Å²) in [6.45, 7) is 9.86. The molecule has 0 unspecified atom stereocenters. The van der Waals surface area contributed by atoms with E-state index in [1.165, 1.54) is 5.56 Å². The van der Waals surface area contributed by atoms with Gasteiger partial charge in [0.25, 0.3) is 0 Å². The van der Waals surface area contributed by atoms with Gasteiger partial charge in [0.2, 0.25) is 0 Å². The Morgan fingerprint density at radius 1 is 1.39 bits per heavy atom. The molecule has 0 saturated carbocycles. The lowest BCUT2D eigenvalue weighted by atomic mass is 10.1. The summed E-state index contributed by atoms with van der Waals surface area (Å²) < 4.78 is 5.14. The third-order valence-electron chi connectivity index (χ3n) is 2.99. The molecule has 0 amide bonds. The Balaban J connectivity index is 2.32. The quantitative estimate of drug-likeness (QED) is 0.662. The Morgan fingerprint density at radius 3 is 2.78 bits per heavy atom. The van der Waals surface area contributed by atoms with E-state index in [2.05, 4.69) is 11.6 Å². The molecule has 2 rings (SSSR count). The molecule has 0 fully saturated rings. The van der Waals surface area contributed by atoms with Gasteiger partial charge in [-0.2, -0.15) is 0 Å². The topological polar surface area (TPSA) is 42.1 Å². The number of H-pyrrole nitrogens is 1. The number of fused-ring (bicyclic) bond motifs is 1. The number of rotatable bonds is 3. The van der Waals surface area contributed by atoms with Gasteiger partial charge in [-0.1, -0.05) is 6.58 Å². The zero-order chi connectivity index (χ0) is 13.3. The first-order valence-electron chi connectivity index (χ1n) is 5.89. The van der Waals surface area contributed by atoms with E-state index in [-0.39, 0.29) is 12.6 Å². The van der Waals surface area contributed by atoms with Gasteiger partial charge in [-0.25, -0.2) is 4.79 Å². The second-order valence-electron chi connectivity index (χ2n) is 4.67. The van der Waals surface area contributed by atoms with Crippen molar-refractivity contribution in [1.82, 2.24) is 4.98 Å². The minimum atomic E-state index is -0.307. The summed E-state index contributed by atoms with van der Waals surface area (Å²) in [6.07, 6.45) is 0. The van der Waals surface area contributed by atoms with Crippen LogP contribution in [0.5, 0.6) is 0 Å². The van der Waals surface area contributed by atoms with Crippen LogP contribution in [0.1, 0.15) is 28.5 Å². The van der Waals surface area contributed by atoms with Crippen LogP contribution in [-0.2, 0) is 4.74 Å². The maximum Gasteiger partial charge on any atom is 0.338 e. The molecule has 0 aliphatic carbocycles. The minimum Gasteiger partial charge on any atom is -0.458 e. The fourth-order valence-electron chi connectivity index (χ4n) is 1.86. The summed E-state index contributed by atoms with van der Waals surface area (Å²) in [5.41, 5.74) is 4.74. The van der Waals surface area contributed by atoms with Gasteiger partial charge in [0.15, 0.2) is 0 Å². The van der Waals surface area contributed by atoms with Crippen molar-refractivity contribution >= 4 is 16.9 Å². The number of benzene rings is 1. The summed E-state index contributed by atoms with van der Waals surface area (Å²) in [5.74, 6) is -0.307. The highest BCUT2D eigenvalue weighted by Crippen LogP contribution is 2.22. The van der Waals surface area contributed by atoms with Crippen LogP contribution < -0.4 is 0 Å². The third kappa shape index (κ3) is 2.30. The normalized spacial score (nSPS) is 10.6. The van der Waals surface area contributed by atoms with E-state index in [1.54, 1.807) is 6.07 Å². The fraction of sp³-hybridized carbons (Fsp3) is 0.267. The van der Waals surface area contributed by atoms with E-state index in [0.717, 1.165) is 22.2 Å². The summed E-state index contributed by atoms with van der Waals surface area (Å²) in [6, 6.07) is 5.56. The monoisotopic (exact) mass is 243 g/mol. The molecule has 1 heterocycles. The third-order valence-corrected chi connectivity index (χ3v) is 2.99. The number of ether oxygens (including phenoxy) is 1. The highest BCUT2D eigenvalue weighted by Gasteiger charge is 2.10. The Morgan fingerprint density at radius 2 is 2.11 bits per heavy atom. The van der Waals surface area contributed by atoms with Crippen LogP contribution in [0.3, 0.4) is 0 Å². The number of hydrogen-bond acceptors (Lipinski definition) is 2. The van der Waals surface area contributed by atoms with Crippen LogP contribution in [-0.4, -0.2) is 17.6 Å². The van der Waals surface area contributed by atoms with Gasteiger partial charge in [0, 0.05) is 16.6 Å². The predicted octanol–water partition coefficient (Wildman–Crippen LogP) is 3.52. The van der Waals surface area contributed by atoms with Crippen molar-refractivity contribution in [2.24, 2.45) is 0 Å². The van der Waals surface area contributed by atoms with Crippen molar-refractivity contribution in [3.63, 3.8) is 0 Å². The first kappa shape index (κ1) is 12.4. The largest absolute Gasteiger partial charge is 0.458 e. The molecule has 0 atom stereocenters. The molecule has 0 bridgehead atoms. The minimum absolute atomic E-state index is 0.266. The number of aromatic nitrogens is 1. The number of aromatic amines is 1. The molecule has 1 N–H and O–H groups in total. The lowest BCUT2D eigenvalue weighted by molar-refractivity contribution is 0.0540. The number of carbonyl (C=O) groups excluding carboxylic acids is 1. The Labute approximate surface area is 106 Å². The van der Waals surface area contributed by atoms with Gasteiger partial charge in [0.1, 0.15) is 6.61 Å². The zero-order valence-electron chi connectivity index (χ0n) is 11.0. The number of aryl methyl sites for hydroxylation is 2. The number of nitrogens with one attached hydrogen (secondary N) is 1. The molecular formula is C15H17NO2. The van der Waals surface area contributed by atoms with Crippen molar-refractivity contribution in [2.75, 3.05) is 6.61 Å². The standard InChI is InChI=1S/C15H17NO2/c1-9(2)8-18-15(17)12-5-6-14-13(7-12)10(3)11(4)16-14/h5-7,16H,1,8H2,2-4H3. The summed E-state index contributed by atoms with van der Waals surface area (Å²) in [4.78, 5) is 15.1. The molecule has 18 heavy (non-hydrogen) atoms. The molecule has 3 nitrogen and oxygen atoms in total. The van der Waals surface area contributed by atoms with Crippen LogP contribution >= 0.6 is 0 Å². The first-order chi connectivity index (χ1) is 8.49. The molecule has 0 spiro atoms. The van der Waals surface area contributed by atoms with Crippen molar-refractivity contribution in [3.8, 4) is 0 Å². The molecule has 1 aromatic heterocycles. The highest BCUT2D eigenvalue weighted by atomic mass is 16.5. The van der Waals surface area contributed by atoms with Crippen LogP contribution in [0, 0.1) is 13.8 Å². The molecule has 94 valence electrons. The molecular weight excluding hydrogens is 226 g/mol. The summed E-state index contributed by atoms with van der Waals surface area (Å²) in [7, 11) is 0. The molecule has 0 saturated heterocycles. The van der Waals surface area contributed by atoms with Crippen molar-refractivity contribution in [2.45, 2.75) is 20.8 Å². The number of carbonyl (C=O) groups is 1. The summed E-state index contributed by atoms with van der Waals surface area (Å²) >= 11 is 0. The molecule has 1 aromatic carbocycles. The predicted molar refractivity (Wildman–Crippen MR) is 72.9 cm³/mol. The second-order valence-corrected chi connectivity index (χ2v) is 4.67. The highest BCUT2D eigenvalue weighted by molar-refractivity contribution is 5.96. The van der Waals surface area contributed by atoms with Gasteiger partial charge >= 0.3 is 5.97 Å². The first-order valence-corrected chi connectivity index (χ1v) is 5.89.